The predicted octanol–water partition coefficient (Wildman–Crippen LogP) is 2.99. The maximum absolute atomic E-state index is 12.9. The molecule has 24 heavy (non-hydrogen) atoms. The lowest BCUT2D eigenvalue weighted by Crippen LogP contribution is -2.39. The Hall–Kier alpha value is -1.26. The summed E-state index contributed by atoms with van der Waals surface area (Å²) >= 11 is 0. The molecule has 0 aromatic rings. The number of amides is 2. The highest BCUT2D eigenvalue weighted by molar-refractivity contribution is 5.84. The average molecular weight is 336 g/mol. The fourth-order valence-electron chi connectivity index (χ4n) is 4.64. The van der Waals surface area contributed by atoms with Gasteiger partial charge in [0.1, 0.15) is 5.60 Å². The van der Waals surface area contributed by atoms with Crippen molar-refractivity contribution in [3.8, 4) is 0 Å². The summed E-state index contributed by atoms with van der Waals surface area (Å²) in [7, 11) is 0. The fraction of sp³-hybridized carbons (Fsp3) is 0.895. The molecule has 2 heterocycles. The molecule has 2 unspecified atom stereocenters. The molecule has 5 nitrogen and oxygen atoms in total. The molecule has 2 atom stereocenters. The number of ether oxygens (including phenoxy) is 1. The second kappa shape index (κ2) is 5.12. The minimum Gasteiger partial charge on any atom is -0.444 e. The lowest BCUT2D eigenvalue weighted by molar-refractivity contribution is -0.133. The topological polar surface area (TPSA) is 49.9 Å². The maximum atomic E-state index is 12.9. The molecule has 1 aliphatic carbocycles. The van der Waals surface area contributed by atoms with Crippen LogP contribution in [0, 0.1) is 28.6 Å². The summed E-state index contributed by atoms with van der Waals surface area (Å²) in [5.74, 6) is 1.23. The molecule has 0 radical (unpaired) electrons. The molecule has 0 aromatic heterocycles. The van der Waals surface area contributed by atoms with E-state index in [1.165, 1.54) is 0 Å². The van der Waals surface area contributed by atoms with Gasteiger partial charge in [0.15, 0.2) is 0 Å². The van der Waals surface area contributed by atoms with Crippen molar-refractivity contribution >= 4 is 12.0 Å². The van der Waals surface area contributed by atoms with Gasteiger partial charge in [-0.05, 0) is 31.6 Å². The zero-order valence-corrected chi connectivity index (χ0v) is 16.2. The summed E-state index contributed by atoms with van der Waals surface area (Å²) in [6.45, 7) is 17.4. The number of carbonyl (C=O) groups excluding carboxylic acids is 2. The van der Waals surface area contributed by atoms with Gasteiger partial charge in [-0.3, -0.25) is 4.79 Å². The summed E-state index contributed by atoms with van der Waals surface area (Å²) in [5, 5.41) is 0. The van der Waals surface area contributed by atoms with Crippen molar-refractivity contribution in [2.75, 3.05) is 26.2 Å². The van der Waals surface area contributed by atoms with Gasteiger partial charge in [-0.15, -0.1) is 0 Å². The minimum atomic E-state index is -0.458. The molecule has 3 aliphatic rings. The normalized spacial score (nSPS) is 31.1. The molecule has 0 N–H and O–H groups in total. The molecule has 5 heteroatoms. The minimum absolute atomic E-state index is 0.0876. The van der Waals surface area contributed by atoms with Crippen LogP contribution in [0.15, 0.2) is 0 Å². The first-order valence-electron chi connectivity index (χ1n) is 9.11. The molecule has 136 valence electrons. The summed E-state index contributed by atoms with van der Waals surface area (Å²) in [5.41, 5.74) is -0.283. The Bertz CT molecular complexity index is 533. The SMILES string of the molecule is CC(C)(C)OC(=O)N1CC2CN(C(=O)C3C(C)(C)C3(C)C)CC2C1. The molecule has 1 saturated carbocycles. The maximum Gasteiger partial charge on any atom is 0.410 e. The first kappa shape index (κ1) is 17.6. The smallest absolute Gasteiger partial charge is 0.410 e. The van der Waals surface area contributed by atoms with Crippen LogP contribution >= 0.6 is 0 Å². The fourth-order valence-corrected chi connectivity index (χ4v) is 4.64. The van der Waals surface area contributed by atoms with Crippen molar-refractivity contribution in [1.29, 1.82) is 0 Å². The van der Waals surface area contributed by atoms with Gasteiger partial charge in [-0.2, -0.15) is 0 Å². The van der Waals surface area contributed by atoms with Gasteiger partial charge in [0, 0.05) is 43.9 Å². The molecule has 2 amide bonds. The first-order chi connectivity index (χ1) is 10.8. The van der Waals surface area contributed by atoms with Crippen LogP contribution < -0.4 is 0 Å². The number of hydrogen-bond donors (Lipinski definition) is 0. The van der Waals surface area contributed by atoms with E-state index in [1.54, 1.807) is 0 Å². The standard InChI is InChI=1S/C19H32N2O3/c1-17(2,3)24-16(23)21-10-12-8-20(9-13(12)11-21)15(22)14-18(4,5)19(14,6)7/h12-14H,8-11H2,1-7H3. The molecule has 3 rings (SSSR count). The number of fused-ring (bicyclic) bond motifs is 1. The monoisotopic (exact) mass is 336 g/mol. The van der Waals surface area contributed by atoms with Crippen molar-refractivity contribution in [3.05, 3.63) is 0 Å². The largest absolute Gasteiger partial charge is 0.444 e. The zero-order valence-electron chi connectivity index (χ0n) is 16.2. The van der Waals surface area contributed by atoms with Crippen LogP contribution in [-0.4, -0.2) is 53.6 Å². The van der Waals surface area contributed by atoms with Gasteiger partial charge in [0.2, 0.25) is 5.91 Å². The second-order valence-corrected chi connectivity index (χ2v) is 10.0. The van der Waals surface area contributed by atoms with Crippen LogP contribution in [0.4, 0.5) is 4.79 Å². The Kier molecular flexibility index (Phi) is 3.75. The average Bonchev–Trinajstić information content (AvgIpc) is 2.77. The Morgan fingerprint density at radius 2 is 1.29 bits per heavy atom. The highest BCUT2D eigenvalue weighted by atomic mass is 16.6. The van der Waals surface area contributed by atoms with Crippen molar-refractivity contribution in [2.45, 2.75) is 54.1 Å². The van der Waals surface area contributed by atoms with Crippen molar-refractivity contribution in [2.24, 2.45) is 28.6 Å². The number of likely N-dealkylation sites (tertiary alicyclic amines) is 2. The molecule has 2 saturated heterocycles. The van der Waals surface area contributed by atoms with Crippen molar-refractivity contribution < 1.29 is 14.3 Å². The second-order valence-electron chi connectivity index (χ2n) is 10.0. The molecule has 2 aliphatic heterocycles. The lowest BCUT2D eigenvalue weighted by atomic mass is 10.0. The van der Waals surface area contributed by atoms with Crippen molar-refractivity contribution in [3.63, 3.8) is 0 Å². The summed E-state index contributed by atoms with van der Waals surface area (Å²) in [4.78, 5) is 29.0. The quantitative estimate of drug-likeness (QED) is 0.739. The van der Waals surface area contributed by atoms with E-state index in [-0.39, 0.29) is 22.8 Å². The highest BCUT2D eigenvalue weighted by Crippen LogP contribution is 2.69. The number of carbonyl (C=O) groups is 2. The first-order valence-corrected chi connectivity index (χ1v) is 9.11. The molecule has 0 aromatic carbocycles. The Morgan fingerprint density at radius 3 is 1.67 bits per heavy atom. The van der Waals surface area contributed by atoms with E-state index in [1.807, 2.05) is 30.6 Å². The Labute approximate surface area is 145 Å². The van der Waals surface area contributed by atoms with E-state index in [0.29, 0.717) is 30.8 Å². The third-order valence-corrected chi connectivity index (χ3v) is 6.72. The van der Waals surface area contributed by atoms with Crippen molar-refractivity contribution in [1.82, 2.24) is 9.80 Å². The van der Waals surface area contributed by atoms with E-state index in [9.17, 15) is 9.59 Å². The van der Waals surface area contributed by atoms with Gasteiger partial charge >= 0.3 is 6.09 Å². The third kappa shape index (κ3) is 2.70. The molecule has 0 bridgehead atoms. The number of hydrogen-bond acceptors (Lipinski definition) is 3. The van der Waals surface area contributed by atoms with Gasteiger partial charge in [-0.1, -0.05) is 27.7 Å². The Balaban J connectivity index is 1.56. The third-order valence-electron chi connectivity index (χ3n) is 6.72. The van der Waals surface area contributed by atoms with Crippen LogP contribution in [0.3, 0.4) is 0 Å². The molecule has 0 spiro atoms. The number of nitrogens with zero attached hydrogens (tertiary/aromatic N) is 2. The summed E-state index contributed by atoms with van der Waals surface area (Å²) in [6.07, 6.45) is -0.223. The molecule has 3 fully saturated rings. The summed E-state index contributed by atoms with van der Waals surface area (Å²) in [6, 6.07) is 0. The summed E-state index contributed by atoms with van der Waals surface area (Å²) < 4.78 is 5.47. The van der Waals surface area contributed by atoms with Crippen LogP contribution in [0.25, 0.3) is 0 Å². The van der Waals surface area contributed by atoms with E-state index in [2.05, 4.69) is 27.7 Å². The molecular weight excluding hydrogens is 304 g/mol. The van der Waals surface area contributed by atoms with Gasteiger partial charge in [-0.25, -0.2) is 4.79 Å². The van der Waals surface area contributed by atoms with E-state index >= 15 is 0 Å². The van der Waals surface area contributed by atoms with Gasteiger partial charge in [0.05, 0.1) is 0 Å². The van der Waals surface area contributed by atoms with Gasteiger partial charge < -0.3 is 14.5 Å². The van der Waals surface area contributed by atoms with E-state index < -0.39 is 5.60 Å². The lowest BCUT2D eigenvalue weighted by Gasteiger charge is -2.26. The van der Waals surface area contributed by atoms with Crippen LogP contribution in [0.2, 0.25) is 0 Å². The molecular formula is C19H32N2O3. The number of rotatable bonds is 1. The Morgan fingerprint density at radius 1 is 0.875 bits per heavy atom. The van der Waals surface area contributed by atoms with E-state index in [0.717, 1.165) is 13.1 Å². The van der Waals surface area contributed by atoms with E-state index in [4.69, 9.17) is 4.74 Å². The van der Waals surface area contributed by atoms with Crippen LogP contribution in [0.1, 0.15) is 48.5 Å². The van der Waals surface area contributed by atoms with Crippen LogP contribution in [0.5, 0.6) is 0 Å². The highest BCUT2D eigenvalue weighted by Gasteiger charge is 2.69. The van der Waals surface area contributed by atoms with Gasteiger partial charge in [0.25, 0.3) is 0 Å². The zero-order chi connectivity index (χ0) is 18.1. The predicted molar refractivity (Wildman–Crippen MR) is 92.4 cm³/mol. The van der Waals surface area contributed by atoms with Crippen LogP contribution in [-0.2, 0) is 9.53 Å².